The predicted molar refractivity (Wildman–Crippen MR) is 126 cm³/mol. The number of thioether (sulfide) groups is 2. The number of methoxy groups -OCH3 is 1. The highest BCUT2D eigenvalue weighted by atomic mass is 32.2. The van der Waals surface area contributed by atoms with Gasteiger partial charge in [0.05, 0.1) is 7.11 Å². The van der Waals surface area contributed by atoms with Gasteiger partial charge in [-0.25, -0.2) is 0 Å². The van der Waals surface area contributed by atoms with Crippen LogP contribution in [0.1, 0.15) is 111 Å². The number of carbonyl (C=O) groups excluding carboxylic acids is 1. The number of hydrogen-bond donors (Lipinski definition) is 0. The van der Waals surface area contributed by atoms with Gasteiger partial charge in [0.2, 0.25) is 0 Å². The Morgan fingerprint density at radius 1 is 0.704 bits per heavy atom. The van der Waals surface area contributed by atoms with E-state index in [4.69, 9.17) is 0 Å². The highest BCUT2D eigenvalue weighted by molar-refractivity contribution is 8.00. The third-order valence-electron chi connectivity index (χ3n) is 5.12. The van der Waals surface area contributed by atoms with Gasteiger partial charge in [-0.1, -0.05) is 72.1 Å². The zero-order valence-corrected chi connectivity index (χ0v) is 20.2. The molecule has 0 aromatic carbocycles. The molecule has 162 valence electrons. The highest BCUT2D eigenvalue weighted by Crippen LogP contribution is 2.27. The Morgan fingerprint density at radius 3 is 1.70 bits per heavy atom. The Bertz CT molecular complexity index is 324. The summed E-state index contributed by atoms with van der Waals surface area (Å²) in [6.07, 6.45) is 17.8. The Kier molecular flexibility index (Phi) is 21.0. The van der Waals surface area contributed by atoms with Crippen molar-refractivity contribution in [1.29, 1.82) is 0 Å². The molecular formula is C23H46O2S2. The topological polar surface area (TPSA) is 26.3 Å². The van der Waals surface area contributed by atoms with Gasteiger partial charge in [0.1, 0.15) is 0 Å². The summed E-state index contributed by atoms with van der Waals surface area (Å²) in [6.45, 7) is 6.90. The molecule has 0 heterocycles. The van der Waals surface area contributed by atoms with Crippen molar-refractivity contribution >= 4 is 29.5 Å². The molecule has 0 N–H and O–H groups in total. The molecule has 0 aliphatic heterocycles. The smallest absolute Gasteiger partial charge is 0.305 e. The number of ether oxygens (including phenoxy) is 1. The molecule has 0 aliphatic carbocycles. The number of hydrogen-bond acceptors (Lipinski definition) is 4. The summed E-state index contributed by atoms with van der Waals surface area (Å²) in [5.74, 6) is 2.44. The third-order valence-corrected chi connectivity index (χ3v) is 7.67. The van der Waals surface area contributed by atoms with E-state index in [0.29, 0.717) is 6.42 Å². The van der Waals surface area contributed by atoms with Crippen LogP contribution in [-0.4, -0.2) is 35.1 Å². The maximum Gasteiger partial charge on any atom is 0.305 e. The Balaban J connectivity index is 3.85. The van der Waals surface area contributed by atoms with Gasteiger partial charge >= 0.3 is 5.97 Å². The number of esters is 1. The van der Waals surface area contributed by atoms with Crippen molar-refractivity contribution < 1.29 is 9.53 Å². The van der Waals surface area contributed by atoms with Crippen LogP contribution >= 0.6 is 23.5 Å². The zero-order valence-electron chi connectivity index (χ0n) is 18.6. The minimum Gasteiger partial charge on any atom is -0.469 e. The predicted octanol–water partition coefficient (Wildman–Crippen LogP) is 7.88. The largest absolute Gasteiger partial charge is 0.469 e. The minimum absolute atomic E-state index is 0.0661. The van der Waals surface area contributed by atoms with Crippen LogP contribution < -0.4 is 0 Å². The SMILES string of the molecule is CCCCCC(CCCC(CCCCCCCC(=O)OC)SCC)SCC. The van der Waals surface area contributed by atoms with E-state index in [9.17, 15) is 4.79 Å². The molecule has 0 saturated carbocycles. The van der Waals surface area contributed by atoms with Gasteiger partial charge in [-0.3, -0.25) is 4.79 Å². The molecule has 2 nitrogen and oxygen atoms in total. The summed E-state index contributed by atoms with van der Waals surface area (Å²) in [7, 11) is 1.47. The summed E-state index contributed by atoms with van der Waals surface area (Å²) in [6, 6.07) is 0. The van der Waals surface area contributed by atoms with Gasteiger partial charge < -0.3 is 4.74 Å². The van der Waals surface area contributed by atoms with Crippen molar-refractivity contribution in [2.45, 2.75) is 121 Å². The first-order valence-electron chi connectivity index (χ1n) is 11.5. The summed E-state index contributed by atoms with van der Waals surface area (Å²) >= 11 is 4.35. The molecule has 4 heteroatoms. The van der Waals surface area contributed by atoms with E-state index in [2.05, 4.69) is 49.0 Å². The summed E-state index contributed by atoms with van der Waals surface area (Å²) in [5.41, 5.74) is 0. The molecule has 2 unspecified atom stereocenters. The molecule has 0 aliphatic rings. The minimum atomic E-state index is -0.0661. The zero-order chi connectivity index (χ0) is 20.2. The lowest BCUT2D eigenvalue weighted by Gasteiger charge is -2.19. The Hall–Kier alpha value is 0.170. The van der Waals surface area contributed by atoms with Crippen molar-refractivity contribution in [3.63, 3.8) is 0 Å². The highest BCUT2D eigenvalue weighted by Gasteiger charge is 2.12. The molecular weight excluding hydrogens is 372 g/mol. The molecule has 0 aromatic heterocycles. The van der Waals surface area contributed by atoms with E-state index < -0.39 is 0 Å². The second-order valence-corrected chi connectivity index (χ2v) is 10.6. The average molecular weight is 419 g/mol. The van der Waals surface area contributed by atoms with E-state index in [1.54, 1.807) is 0 Å². The Morgan fingerprint density at radius 2 is 1.19 bits per heavy atom. The molecule has 27 heavy (non-hydrogen) atoms. The van der Waals surface area contributed by atoms with Crippen molar-refractivity contribution in [3.8, 4) is 0 Å². The lowest BCUT2D eigenvalue weighted by atomic mass is 10.0. The van der Waals surface area contributed by atoms with Gasteiger partial charge in [-0.15, -0.1) is 0 Å². The van der Waals surface area contributed by atoms with E-state index in [1.807, 2.05) is 0 Å². The van der Waals surface area contributed by atoms with Crippen molar-refractivity contribution in [2.75, 3.05) is 18.6 Å². The normalized spacial score (nSPS) is 13.5. The molecule has 0 spiro atoms. The van der Waals surface area contributed by atoms with Gasteiger partial charge in [-0.2, -0.15) is 23.5 Å². The van der Waals surface area contributed by atoms with Crippen LogP contribution in [0.4, 0.5) is 0 Å². The first-order chi connectivity index (χ1) is 13.2. The summed E-state index contributed by atoms with van der Waals surface area (Å²) in [5, 5.41) is 1.75. The van der Waals surface area contributed by atoms with Gasteiger partial charge in [0.25, 0.3) is 0 Å². The molecule has 0 amide bonds. The first-order valence-corrected chi connectivity index (χ1v) is 13.6. The molecule has 0 radical (unpaired) electrons. The lowest BCUT2D eigenvalue weighted by Crippen LogP contribution is -2.08. The molecule has 2 atom stereocenters. The van der Waals surface area contributed by atoms with Crippen LogP contribution in [0.15, 0.2) is 0 Å². The van der Waals surface area contributed by atoms with Crippen molar-refractivity contribution in [3.05, 3.63) is 0 Å². The van der Waals surface area contributed by atoms with Crippen molar-refractivity contribution in [1.82, 2.24) is 0 Å². The molecule has 0 rings (SSSR count). The van der Waals surface area contributed by atoms with E-state index in [-0.39, 0.29) is 5.97 Å². The lowest BCUT2D eigenvalue weighted by molar-refractivity contribution is -0.140. The monoisotopic (exact) mass is 418 g/mol. The van der Waals surface area contributed by atoms with E-state index in [0.717, 1.165) is 23.3 Å². The first kappa shape index (κ1) is 27.2. The second kappa shape index (κ2) is 20.9. The van der Waals surface area contributed by atoms with Gasteiger partial charge in [0, 0.05) is 16.9 Å². The standard InChI is InChI=1S/C23H46O2S2/c1-5-8-12-16-21(26-6-2)18-15-19-22(27-7-3)17-13-10-9-11-14-20-23(24)25-4/h21-22H,5-20H2,1-4H3. The fourth-order valence-electron chi connectivity index (χ4n) is 3.56. The number of unbranched alkanes of at least 4 members (excludes halogenated alkanes) is 6. The van der Waals surface area contributed by atoms with Gasteiger partial charge in [-0.05, 0) is 43.6 Å². The van der Waals surface area contributed by atoms with E-state index >= 15 is 0 Å². The molecule has 0 fully saturated rings. The number of rotatable bonds is 20. The van der Waals surface area contributed by atoms with E-state index in [1.165, 1.54) is 89.2 Å². The molecule has 0 bridgehead atoms. The maximum absolute atomic E-state index is 11.1. The van der Waals surface area contributed by atoms with Crippen LogP contribution in [0, 0.1) is 0 Å². The molecule has 0 saturated heterocycles. The van der Waals surface area contributed by atoms with Crippen LogP contribution in [0.25, 0.3) is 0 Å². The third kappa shape index (κ3) is 18.0. The summed E-state index contributed by atoms with van der Waals surface area (Å²) in [4.78, 5) is 11.1. The fourth-order valence-corrected chi connectivity index (χ4v) is 5.84. The average Bonchev–Trinajstić information content (AvgIpc) is 2.67. The van der Waals surface area contributed by atoms with Gasteiger partial charge in [0.15, 0.2) is 0 Å². The van der Waals surface area contributed by atoms with Crippen LogP contribution in [0.3, 0.4) is 0 Å². The molecule has 0 aromatic rings. The second-order valence-electron chi connectivity index (χ2n) is 7.46. The summed E-state index contributed by atoms with van der Waals surface area (Å²) < 4.78 is 4.69. The maximum atomic E-state index is 11.1. The van der Waals surface area contributed by atoms with Crippen LogP contribution in [-0.2, 0) is 9.53 Å². The quantitative estimate of drug-likeness (QED) is 0.148. The Labute approximate surface area is 178 Å². The van der Waals surface area contributed by atoms with Crippen molar-refractivity contribution in [2.24, 2.45) is 0 Å². The van der Waals surface area contributed by atoms with Crippen LogP contribution in [0.2, 0.25) is 0 Å². The number of carbonyl (C=O) groups is 1. The van der Waals surface area contributed by atoms with Crippen LogP contribution in [0.5, 0.6) is 0 Å². The fraction of sp³-hybridized carbons (Fsp3) is 0.957.